The van der Waals surface area contributed by atoms with Crippen LogP contribution in [-0.4, -0.2) is 22.8 Å². The Kier molecular flexibility index (Phi) is 4.69. The Bertz CT molecular complexity index is 530. The number of benzene rings is 1. The topological polar surface area (TPSA) is 66.9 Å². The zero-order valence-corrected chi connectivity index (χ0v) is 10.9. The van der Waals surface area contributed by atoms with Gasteiger partial charge in [-0.1, -0.05) is 41.9 Å². The molecule has 0 atom stereocenters. The lowest BCUT2D eigenvalue weighted by Gasteiger charge is -2.06. The number of nitrogens with zero attached hydrogens (tertiary/aromatic N) is 2. The highest BCUT2D eigenvalue weighted by atomic mass is 35.5. The monoisotopic (exact) mass is 276 g/mol. The van der Waals surface area contributed by atoms with Crippen molar-refractivity contribution in [2.24, 2.45) is 0 Å². The molecule has 0 aliphatic rings. The molecule has 0 spiro atoms. The summed E-state index contributed by atoms with van der Waals surface area (Å²) in [5.74, 6) is 0.363. The fraction of sp³-hybridized carbons (Fsp3) is 0.154. The van der Waals surface area contributed by atoms with Crippen LogP contribution in [0.3, 0.4) is 0 Å². The van der Waals surface area contributed by atoms with Gasteiger partial charge in [0.25, 0.3) is 0 Å². The Morgan fingerprint density at radius 2 is 1.89 bits per heavy atom. The number of aromatic nitrogens is 2. The number of carbonyl (C=O) groups is 1. The normalized spacial score (nSPS) is 9.95. The predicted molar refractivity (Wildman–Crippen MR) is 74.2 cm³/mol. The van der Waals surface area contributed by atoms with E-state index in [1.165, 1.54) is 5.56 Å². The fourth-order valence-corrected chi connectivity index (χ4v) is 1.61. The van der Waals surface area contributed by atoms with Crippen LogP contribution in [0.1, 0.15) is 5.56 Å². The molecule has 2 amide bonds. The highest BCUT2D eigenvalue weighted by Gasteiger charge is 2.02. The van der Waals surface area contributed by atoms with Gasteiger partial charge in [0.15, 0.2) is 11.0 Å². The third-order valence-corrected chi connectivity index (χ3v) is 2.62. The molecule has 6 heteroatoms. The Hall–Kier alpha value is -2.14. The summed E-state index contributed by atoms with van der Waals surface area (Å²) in [6.07, 6.45) is 0.778. The highest BCUT2D eigenvalue weighted by Crippen LogP contribution is 2.05. The molecular weight excluding hydrogens is 264 g/mol. The van der Waals surface area contributed by atoms with E-state index in [0.29, 0.717) is 12.4 Å². The number of urea groups is 1. The van der Waals surface area contributed by atoms with E-state index in [0.717, 1.165) is 6.42 Å². The van der Waals surface area contributed by atoms with E-state index in [1.807, 2.05) is 30.3 Å². The summed E-state index contributed by atoms with van der Waals surface area (Å²) in [5.41, 5.74) is 1.18. The number of rotatable bonds is 4. The average Bonchev–Trinajstić information content (AvgIpc) is 2.43. The lowest BCUT2D eigenvalue weighted by atomic mass is 10.1. The van der Waals surface area contributed by atoms with Crippen LogP contribution in [0, 0.1) is 0 Å². The Balaban J connectivity index is 1.74. The van der Waals surface area contributed by atoms with Gasteiger partial charge in [0.1, 0.15) is 0 Å². The molecule has 98 valence electrons. The molecular formula is C13H13ClN4O. The van der Waals surface area contributed by atoms with Gasteiger partial charge in [0, 0.05) is 6.54 Å². The first-order valence-electron chi connectivity index (χ1n) is 5.82. The quantitative estimate of drug-likeness (QED) is 0.902. The van der Waals surface area contributed by atoms with Crippen molar-refractivity contribution in [3.63, 3.8) is 0 Å². The number of amides is 2. The zero-order chi connectivity index (χ0) is 13.5. The summed E-state index contributed by atoms with van der Waals surface area (Å²) < 4.78 is 0. The summed E-state index contributed by atoms with van der Waals surface area (Å²) in [4.78, 5) is 11.6. The van der Waals surface area contributed by atoms with Crippen molar-refractivity contribution in [3.05, 3.63) is 53.2 Å². The maximum Gasteiger partial charge on any atom is 0.320 e. The second kappa shape index (κ2) is 6.70. The van der Waals surface area contributed by atoms with E-state index in [-0.39, 0.29) is 11.2 Å². The largest absolute Gasteiger partial charge is 0.337 e. The first-order valence-corrected chi connectivity index (χ1v) is 6.20. The van der Waals surface area contributed by atoms with Crippen LogP contribution >= 0.6 is 11.6 Å². The Labute approximate surface area is 116 Å². The van der Waals surface area contributed by atoms with Crippen molar-refractivity contribution in [3.8, 4) is 0 Å². The second-order valence-electron chi connectivity index (χ2n) is 3.86. The first-order chi connectivity index (χ1) is 9.24. The van der Waals surface area contributed by atoms with E-state index in [1.54, 1.807) is 12.1 Å². The summed E-state index contributed by atoms with van der Waals surface area (Å²) in [6.45, 7) is 0.552. The highest BCUT2D eigenvalue weighted by molar-refractivity contribution is 6.29. The molecule has 1 aromatic heterocycles. The molecule has 0 fully saturated rings. The van der Waals surface area contributed by atoms with Crippen LogP contribution in [-0.2, 0) is 6.42 Å². The van der Waals surface area contributed by atoms with Gasteiger partial charge in [-0.25, -0.2) is 4.79 Å². The van der Waals surface area contributed by atoms with Gasteiger partial charge in [-0.15, -0.1) is 10.2 Å². The number of anilines is 1. The fourth-order valence-electron chi connectivity index (χ4n) is 1.51. The van der Waals surface area contributed by atoms with Crippen LogP contribution in [0.15, 0.2) is 42.5 Å². The average molecular weight is 277 g/mol. The third kappa shape index (κ3) is 4.56. The second-order valence-corrected chi connectivity index (χ2v) is 4.25. The number of hydrogen-bond acceptors (Lipinski definition) is 3. The van der Waals surface area contributed by atoms with E-state index in [9.17, 15) is 4.79 Å². The van der Waals surface area contributed by atoms with E-state index >= 15 is 0 Å². The van der Waals surface area contributed by atoms with Gasteiger partial charge in [-0.2, -0.15) is 0 Å². The zero-order valence-electron chi connectivity index (χ0n) is 10.1. The smallest absolute Gasteiger partial charge is 0.320 e. The molecule has 0 unspecified atom stereocenters. The number of hydrogen-bond donors (Lipinski definition) is 2. The standard InChI is InChI=1S/C13H13ClN4O/c14-11-6-7-12(18-17-11)16-13(19)15-9-8-10-4-2-1-3-5-10/h1-7H,8-9H2,(H2,15,16,18,19). The lowest BCUT2D eigenvalue weighted by Crippen LogP contribution is -2.30. The molecule has 2 N–H and O–H groups in total. The van der Waals surface area contributed by atoms with E-state index in [4.69, 9.17) is 11.6 Å². The molecule has 0 bridgehead atoms. The summed E-state index contributed by atoms with van der Waals surface area (Å²) >= 11 is 5.60. The van der Waals surface area contributed by atoms with Crippen molar-refractivity contribution in [1.82, 2.24) is 15.5 Å². The van der Waals surface area contributed by atoms with E-state index < -0.39 is 0 Å². The number of carbonyl (C=O) groups excluding carboxylic acids is 1. The van der Waals surface area contributed by atoms with Crippen LogP contribution in [0.4, 0.5) is 10.6 Å². The molecule has 19 heavy (non-hydrogen) atoms. The maximum atomic E-state index is 11.6. The molecule has 0 aliphatic heterocycles. The molecule has 1 heterocycles. The van der Waals surface area contributed by atoms with Gasteiger partial charge in [-0.3, -0.25) is 5.32 Å². The Morgan fingerprint density at radius 3 is 2.58 bits per heavy atom. The van der Waals surface area contributed by atoms with Gasteiger partial charge >= 0.3 is 6.03 Å². The van der Waals surface area contributed by atoms with Crippen molar-refractivity contribution in [2.45, 2.75) is 6.42 Å². The molecule has 2 rings (SSSR count). The van der Waals surface area contributed by atoms with Crippen LogP contribution < -0.4 is 10.6 Å². The summed E-state index contributed by atoms with van der Waals surface area (Å²) in [6, 6.07) is 12.8. The summed E-state index contributed by atoms with van der Waals surface area (Å²) in [7, 11) is 0. The van der Waals surface area contributed by atoms with Crippen LogP contribution in [0.2, 0.25) is 5.15 Å². The van der Waals surface area contributed by atoms with Gasteiger partial charge in [0.2, 0.25) is 0 Å². The SMILES string of the molecule is O=C(NCCc1ccccc1)Nc1ccc(Cl)nn1. The molecule has 1 aromatic carbocycles. The Morgan fingerprint density at radius 1 is 1.11 bits per heavy atom. The van der Waals surface area contributed by atoms with E-state index in [2.05, 4.69) is 20.8 Å². The van der Waals surface area contributed by atoms with Gasteiger partial charge < -0.3 is 5.32 Å². The molecule has 5 nitrogen and oxygen atoms in total. The lowest BCUT2D eigenvalue weighted by molar-refractivity contribution is 0.252. The van der Waals surface area contributed by atoms with Crippen LogP contribution in [0.5, 0.6) is 0 Å². The van der Waals surface area contributed by atoms with Crippen molar-refractivity contribution in [1.29, 1.82) is 0 Å². The van der Waals surface area contributed by atoms with Crippen LogP contribution in [0.25, 0.3) is 0 Å². The van der Waals surface area contributed by atoms with Crippen molar-refractivity contribution < 1.29 is 4.79 Å². The molecule has 0 radical (unpaired) electrons. The molecule has 0 aliphatic carbocycles. The van der Waals surface area contributed by atoms with Gasteiger partial charge in [0.05, 0.1) is 0 Å². The minimum atomic E-state index is -0.312. The molecule has 0 saturated carbocycles. The molecule has 2 aromatic rings. The predicted octanol–water partition coefficient (Wildman–Crippen LogP) is 2.49. The van der Waals surface area contributed by atoms with Crippen molar-refractivity contribution >= 4 is 23.4 Å². The molecule has 0 saturated heterocycles. The van der Waals surface area contributed by atoms with Gasteiger partial charge in [-0.05, 0) is 24.1 Å². The summed E-state index contributed by atoms with van der Waals surface area (Å²) in [5, 5.41) is 13.0. The number of nitrogens with one attached hydrogen (secondary N) is 2. The third-order valence-electron chi connectivity index (χ3n) is 2.42. The van der Waals surface area contributed by atoms with Crippen molar-refractivity contribution in [2.75, 3.05) is 11.9 Å². The maximum absolute atomic E-state index is 11.6. The minimum Gasteiger partial charge on any atom is -0.337 e. The number of halogens is 1. The first kappa shape index (κ1) is 13.3. The minimum absolute atomic E-state index is 0.287.